The first-order valence-electron chi connectivity index (χ1n) is 8.14. The van der Waals surface area contributed by atoms with Gasteiger partial charge in [-0.2, -0.15) is 11.8 Å². The molecule has 132 valence electrons. The lowest BCUT2D eigenvalue weighted by molar-refractivity contribution is -0.145. The van der Waals surface area contributed by atoms with Crippen molar-refractivity contribution in [3.05, 3.63) is 71.8 Å². The van der Waals surface area contributed by atoms with Crippen LogP contribution in [0.3, 0.4) is 0 Å². The number of carbonyl (C=O) groups is 2. The monoisotopic (exact) mass is 357 g/mol. The van der Waals surface area contributed by atoms with E-state index in [1.807, 2.05) is 66.9 Å². The Kier molecular flexibility index (Phi) is 7.54. The van der Waals surface area contributed by atoms with Gasteiger partial charge in [0.05, 0.1) is 13.0 Å². The van der Waals surface area contributed by atoms with Gasteiger partial charge in [-0.1, -0.05) is 60.7 Å². The van der Waals surface area contributed by atoms with Crippen LogP contribution in [0.2, 0.25) is 0 Å². The predicted molar refractivity (Wildman–Crippen MR) is 102 cm³/mol. The van der Waals surface area contributed by atoms with Gasteiger partial charge < -0.3 is 10.1 Å². The minimum absolute atomic E-state index is 0.200. The number of amides is 1. The zero-order valence-corrected chi connectivity index (χ0v) is 15.3. The molecule has 1 N–H and O–H groups in total. The van der Waals surface area contributed by atoms with Gasteiger partial charge in [0.15, 0.2) is 0 Å². The zero-order chi connectivity index (χ0) is 18.1. The van der Waals surface area contributed by atoms with E-state index < -0.39 is 17.9 Å². The van der Waals surface area contributed by atoms with Crippen molar-refractivity contribution in [2.24, 2.45) is 0 Å². The van der Waals surface area contributed by atoms with Crippen molar-refractivity contribution in [1.29, 1.82) is 0 Å². The lowest BCUT2D eigenvalue weighted by atomic mass is 9.90. The molecule has 0 saturated carbocycles. The van der Waals surface area contributed by atoms with Crippen LogP contribution in [0.1, 0.15) is 23.5 Å². The molecular formula is C20H23NO3S. The van der Waals surface area contributed by atoms with Gasteiger partial charge in [-0.15, -0.1) is 0 Å². The standard InChI is InChI=1S/C20H23NO3S/c1-24-20(23)17(13-14-25-2)21-19(22)18(15-9-5-3-6-10-15)16-11-7-4-8-12-16/h3-12,17-18H,13-14H2,1-2H3,(H,21,22). The molecule has 2 rings (SSSR count). The number of hydrogen-bond acceptors (Lipinski definition) is 4. The van der Waals surface area contributed by atoms with Gasteiger partial charge in [0, 0.05) is 0 Å². The summed E-state index contributed by atoms with van der Waals surface area (Å²) in [6.07, 6.45) is 2.50. The molecule has 4 nitrogen and oxygen atoms in total. The molecule has 0 spiro atoms. The summed E-state index contributed by atoms with van der Waals surface area (Å²) >= 11 is 1.63. The summed E-state index contributed by atoms with van der Waals surface area (Å²) in [7, 11) is 1.34. The van der Waals surface area contributed by atoms with Crippen molar-refractivity contribution >= 4 is 23.6 Å². The second kappa shape index (κ2) is 9.89. The van der Waals surface area contributed by atoms with Gasteiger partial charge in [-0.3, -0.25) is 4.79 Å². The molecule has 0 fully saturated rings. The quantitative estimate of drug-likeness (QED) is 0.737. The fraction of sp³-hybridized carbons (Fsp3) is 0.300. The molecule has 0 aromatic heterocycles. The molecule has 0 aliphatic rings. The summed E-state index contributed by atoms with van der Waals surface area (Å²) in [6.45, 7) is 0. The lowest BCUT2D eigenvalue weighted by Crippen LogP contribution is -2.44. The molecular weight excluding hydrogens is 334 g/mol. The molecule has 0 radical (unpaired) electrons. The highest BCUT2D eigenvalue weighted by Gasteiger charge is 2.27. The third-order valence-electron chi connectivity index (χ3n) is 3.94. The van der Waals surface area contributed by atoms with Crippen molar-refractivity contribution in [3.8, 4) is 0 Å². The minimum Gasteiger partial charge on any atom is -0.467 e. The predicted octanol–water partition coefficient (Wildman–Crippen LogP) is 3.23. The number of methoxy groups -OCH3 is 1. The molecule has 0 saturated heterocycles. The average Bonchev–Trinajstić information content (AvgIpc) is 2.66. The van der Waals surface area contributed by atoms with Crippen molar-refractivity contribution < 1.29 is 14.3 Å². The summed E-state index contributed by atoms with van der Waals surface area (Å²) in [5, 5.41) is 2.87. The number of nitrogens with one attached hydrogen (secondary N) is 1. The maximum Gasteiger partial charge on any atom is 0.328 e. The summed E-state index contributed by atoms with van der Waals surface area (Å²) in [5.74, 6) is -0.318. The number of hydrogen-bond donors (Lipinski definition) is 1. The van der Waals surface area contributed by atoms with Crippen LogP contribution >= 0.6 is 11.8 Å². The first kappa shape index (κ1) is 19.1. The van der Waals surface area contributed by atoms with Gasteiger partial charge in [-0.25, -0.2) is 4.79 Å². The molecule has 0 aliphatic heterocycles. The smallest absolute Gasteiger partial charge is 0.328 e. The number of thioether (sulfide) groups is 1. The van der Waals surface area contributed by atoms with E-state index in [0.717, 1.165) is 16.9 Å². The van der Waals surface area contributed by atoms with Crippen LogP contribution in [0.15, 0.2) is 60.7 Å². The van der Waals surface area contributed by atoms with Crippen molar-refractivity contribution in [2.45, 2.75) is 18.4 Å². The van der Waals surface area contributed by atoms with E-state index in [2.05, 4.69) is 5.32 Å². The zero-order valence-electron chi connectivity index (χ0n) is 14.5. The summed E-state index contributed by atoms with van der Waals surface area (Å²) in [5.41, 5.74) is 1.78. The Hall–Kier alpha value is -2.27. The lowest BCUT2D eigenvalue weighted by Gasteiger charge is -2.22. The van der Waals surface area contributed by atoms with E-state index >= 15 is 0 Å². The number of ether oxygens (including phenoxy) is 1. The molecule has 25 heavy (non-hydrogen) atoms. The van der Waals surface area contributed by atoms with Crippen molar-refractivity contribution in [3.63, 3.8) is 0 Å². The Bertz CT molecular complexity index is 636. The molecule has 1 atom stereocenters. The normalized spacial score (nSPS) is 11.8. The molecule has 5 heteroatoms. The van der Waals surface area contributed by atoms with Crippen LogP contribution in [0.5, 0.6) is 0 Å². The van der Waals surface area contributed by atoms with Gasteiger partial charge >= 0.3 is 5.97 Å². The molecule has 0 aliphatic carbocycles. The molecule has 1 unspecified atom stereocenters. The number of rotatable bonds is 8. The van der Waals surface area contributed by atoms with E-state index in [9.17, 15) is 9.59 Å². The Labute approximate surface area is 153 Å². The van der Waals surface area contributed by atoms with E-state index in [1.54, 1.807) is 11.8 Å². The van der Waals surface area contributed by atoms with Crippen molar-refractivity contribution in [2.75, 3.05) is 19.1 Å². The second-order valence-electron chi connectivity index (χ2n) is 5.62. The maximum atomic E-state index is 13.0. The van der Waals surface area contributed by atoms with E-state index in [1.165, 1.54) is 7.11 Å². The van der Waals surface area contributed by atoms with Crippen LogP contribution in [-0.2, 0) is 14.3 Å². The van der Waals surface area contributed by atoms with Crippen LogP contribution in [0.4, 0.5) is 0 Å². The number of benzene rings is 2. The molecule has 2 aromatic rings. The summed E-state index contributed by atoms with van der Waals surface area (Å²) in [4.78, 5) is 25.0. The third kappa shape index (κ3) is 5.36. The van der Waals surface area contributed by atoms with E-state index in [0.29, 0.717) is 6.42 Å². The molecule has 0 bridgehead atoms. The van der Waals surface area contributed by atoms with Gasteiger partial charge in [0.2, 0.25) is 5.91 Å². The highest BCUT2D eigenvalue weighted by atomic mass is 32.2. The van der Waals surface area contributed by atoms with Gasteiger partial charge in [0.25, 0.3) is 0 Å². The largest absolute Gasteiger partial charge is 0.467 e. The van der Waals surface area contributed by atoms with Gasteiger partial charge in [0.1, 0.15) is 6.04 Å². The number of esters is 1. The molecule has 1 amide bonds. The third-order valence-corrected chi connectivity index (χ3v) is 4.58. The first-order chi connectivity index (χ1) is 12.2. The van der Waals surface area contributed by atoms with Crippen LogP contribution in [0.25, 0.3) is 0 Å². The minimum atomic E-state index is -0.639. The van der Waals surface area contributed by atoms with E-state index in [-0.39, 0.29) is 5.91 Å². The van der Waals surface area contributed by atoms with Crippen LogP contribution in [0, 0.1) is 0 Å². The molecule has 2 aromatic carbocycles. The SMILES string of the molecule is COC(=O)C(CCSC)NC(=O)C(c1ccccc1)c1ccccc1. The number of carbonyl (C=O) groups excluding carboxylic acids is 2. The average molecular weight is 357 g/mol. The Balaban J connectivity index is 2.27. The fourth-order valence-electron chi connectivity index (χ4n) is 2.67. The topological polar surface area (TPSA) is 55.4 Å². The highest BCUT2D eigenvalue weighted by molar-refractivity contribution is 7.98. The molecule has 0 heterocycles. The van der Waals surface area contributed by atoms with E-state index in [4.69, 9.17) is 4.74 Å². The fourth-order valence-corrected chi connectivity index (χ4v) is 3.14. The Morgan fingerprint density at radius 1 is 1.00 bits per heavy atom. The summed E-state index contributed by atoms with van der Waals surface area (Å²) < 4.78 is 4.84. The van der Waals surface area contributed by atoms with Gasteiger partial charge in [-0.05, 0) is 29.6 Å². The first-order valence-corrected chi connectivity index (χ1v) is 9.53. The Morgan fingerprint density at radius 3 is 1.96 bits per heavy atom. The Morgan fingerprint density at radius 2 is 1.52 bits per heavy atom. The second-order valence-corrected chi connectivity index (χ2v) is 6.61. The van der Waals surface area contributed by atoms with Crippen LogP contribution < -0.4 is 5.32 Å². The highest BCUT2D eigenvalue weighted by Crippen LogP contribution is 2.25. The van der Waals surface area contributed by atoms with Crippen LogP contribution in [-0.4, -0.2) is 37.0 Å². The summed E-state index contributed by atoms with van der Waals surface area (Å²) in [6, 6.07) is 18.5. The maximum absolute atomic E-state index is 13.0. The van der Waals surface area contributed by atoms with Crippen molar-refractivity contribution in [1.82, 2.24) is 5.32 Å².